The SMILES string of the molecule is CC1(C)CCCC(C)(C)CC(N)C1. The van der Waals surface area contributed by atoms with Crippen molar-refractivity contribution in [2.45, 2.75) is 65.8 Å². The average molecular weight is 183 g/mol. The van der Waals surface area contributed by atoms with Crippen molar-refractivity contribution in [2.24, 2.45) is 16.6 Å². The molecule has 13 heavy (non-hydrogen) atoms. The van der Waals surface area contributed by atoms with Gasteiger partial charge in [0.05, 0.1) is 0 Å². The third kappa shape index (κ3) is 3.68. The molecule has 0 aliphatic heterocycles. The third-order valence-electron chi connectivity index (χ3n) is 3.34. The smallest absolute Gasteiger partial charge is 0.00489 e. The van der Waals surface area contributed by atoms with Crippen LogP contribution in [0.1, 0.15) is 59.8 Å². The largest absolute Gasteiger partial charge is 0.328 e. The van der Waals surface area contributed by atoms with Crippen molar-refractivity contribution in [1.82, 2.24) is 0 Å². The van der Waals surface area contributed by atoms with Crippen LogP contribution in [0, 0.1) is 10.8 Å². The molecule has 2 N–H and O–H groups in total. The summed E-state index contributed by atoms with van der Waals surface area (Å²) in [5.74, 6) is 0. The van der Waals surface area contributed by atoms with Gasteiger partial charge in [-0.05, 0) is 36.5 Å². The third-order valence-corrected chi connectivity index (χ3v) is 3.34. The van der Waals surface area contributed by atoms with E-state index in [-0.39, 0.29) is 0 Å². The van der Waals surface area contributed by atoms with Crippen LogP contribution in [0.25, 0.3) is 0 Å². The summed E-state index contributed by atoms with van der Waals surface area (Å²) in [6, 6.07) is 0.408. The first kappa shape index (κ1) is 11.0. The summed E-state index contributed by atoms with van der Waals surface area (Å²) in [4.78, 5) is 0. The summed E-state index contributed by atoms with van der Waals surface area (Å²) in [6.07, 6.45) is 6.42. The van der Waals surface area contributed by atoms with E-state index in [1.54, 1.807) is 0 Å². The molecule has 1 fully saturated rings. The van der Waals surface area contributed by atoms with Gasteiger partial charge in [0.2, 0.25) is 0 Å². The fraction of sp³-hybridized carbons (Fsp3) is 1.00. The van der Waals surface area contributed by atoms with E-state index in [9.17, 15) is 0 Å². The van der Waals surface area contributed by atoms with Gasteiger partial charge >= 0.3 is 0 Å². The first-order valence-corrected chi connectivity index (χ1v) is 5.56. The monoisotopic (exact) mass is 183 g/mol. The van der Waals surface area contributed by atoms with Crippen molar-refractivity contribution >= 4 is 0 Å². The summed E-state index contributed by atoms with van der Waals surface area (Å²) in [5.41, 5.74) is 7.09. The molecular weight excluding hydrogens is 158 g/mol. The van der Waals surface area contributed by atoms with Gasteiger partial charge in [0.15, 0.2) is 0 Å². The van der Waals surface area contributed by atoms with E-state index in [0.717, 1.165) is 0 Å². The first-order valence-electron chi connectivity index (χ1n) is 5.56. The van der Waals surface area contributed by atoms with E-state index in [0.29, 0.717) is 16.9 Å². The topological polar surface area (TPSA) is 26.0 Å². The van der Waals surface area contributed by atoms with Crippen LogP contribution in [0.2, 0.25) is 0 Å². The van der Waals surface area contributed by atoms with Crippen LogP contribution in [0.15, 0.2) is 0 Å². The van der Waals surface area contributed by atoms with Crippen LogP contribution in [0.3, 0.4) is 0 Å². The maximum absolute atomic E-state index is 6.16. The summed E-state index contributed by atoms with van der Waals surface area (Å²) in [6.45, 7) is 9.41. The van der Waals surface area contributed by atoms with Crippen LogP contribution in [-0.2, 0) is 0 Å². The molecule has 1 aliphatic rings. The Morgan fingerprint density at radius 2 is 1.31 bits per heavy atom. The predicted octanol–water partition coefficient (Wildman–Crippen LogP) is 3.33. The van der Waals surface area contributed by atoms with Gasteiger partial charge in [0.25, 0.3) is 0 Å². The zero-order chi connectivity index (χ0) is 10.1. The lowest BCUT2D eigenvalue weighted by molar-refractivity contribution is 0.172. The Bertz CT molecular complexity index is 152. The van der Waals surface area contributed by atoms with Gasteiger partial charge in [-0.2, -0.15) is 0 Å². The molecule has 1 heteroatoms. The fourth-order valence-corrected chi connectivity index (χ4v) is 2.74. The van der Waals surface area contributed by atoms with E-state index in [4.69, 9.17) is 5.73 Å². The Morgan fingerprint density at radius 1 is 0.923 bits per heavy atom. The minimum Gasteiger partial charge on any atom is -0.328 e. The maximum atomic E-state index is 6.16. The summed E-state index contributed by atoms with van der Waals surface area (Å²) < 4.78 is 0. The molecule has 0 aromatic heterocycles. The maximum Gasteiger partial charge on any atom is 0.00489 e. The Labute approximate surface area is 83.1 Å². The highest BCUT2D eigenvalue weighted by Crippen LogP contribution is 2.39. The van der Waals surface area contributed by atoms with Gasteiger partial charge in [-0.25, -0.2) is 0 Å². The molecule has 78 valence electrons. The second kappa shape index (κ2) is 3.61. The molecule has 1 nitrogen and oxygen atoms in total. The molecule has 0 atom stereocenters. The van der Waals surface area contributed by atoms with E-state index < -0.39 is 0 Å². The molecule has 0 saturated heterocycles. The molecule has 0 unspecified atom stereocenters. The molecule has 0 radical (unpaired) electrons. The predicted molar refractivity (Wildman–Crippen MR) is 58.6 cm³/mol. The number of hydrogen-bond donors (Lipinski definition) is 1. The van der Waals surface area contributed by atoms with Gasteiger partial charge < -0.3 is 5.73 Å². The average Bonchev–Trinajstić information content (AvgIpc) is 1.79. The summed E-state index contributed by atoms with van der Waals surface area (Å²) in [7, 11) is 0. The Balaban J connectivity index is 2.59. The van der Waals surface area contributed by atoms with E-state index >= 15 is 0 Å². The molecule has 1 rings (SSSR count). The Morgan fingerprint density at radius 3 is 1.69 bits per heavy atom. The molecule has 1 aliphatic carbocycles. The molecule has 0 spiro atoms. The highest BCUT2D eigenvalue weighted by atomic mass is 14.6. The molecule has 0 amide bonds. The summed E-state index contributed by atoms with van der Waals surface area (Å²) >= 11 is 0. The van der Waals surface area contributed by atoms with Crippen molar-refractivity contribution in [3.8, 4) is 0 Å². The van der Waals surface area contributed by atoms with Crippen LogP contribution in [0.5, 0.6) is 0 Å². The Hall–Kier alpha value is -0.0400. The zero-order valence-electron chi connectivity index (χ0n) is 9.69. The number of nitrogens with two attached hydrogens (primary N) is 1. The standard InChI is InChI=1S/C12H25N/c1-11(2)6-5-7-12(3,4)9-10(13)8-11/h10H,5-9,13H2,1-4H3. The van der Waals surface area contributed by atoms with Gasteiger partial charge in [0, 0.05) is 6.04 Å². The van der Waals surface area contributed by atoms with E-state index in [1.807, 2.05) is 0 Å². The van der Waals surface area contributed by atoms with E-state index in [2.05, 4.69) is 27.7 Å². The molecule has 0 bridgehead atoms. The minimum atomic E-state index is 0.408. The summed E-state index contributed by atoms with van der Waals surface area (Å²) in [5, 5.41) is 0. The van der Waals surface area contributed by atoms with Crippen molar-refractivity contribution < 1.29 is 0 Å². The van der Waals surface area contributed by atoms with Gasteiger partial charge in [0.1, 0.15) is 0 Å². The van der Waals surface area contributed by atoms with Crippen LogP contribution >= 0.6 is 0 Å². The molecule has 1 saturated carbocycles. The second-order valence-electron chi connectivity index (χ2n) is 6.35. The van der Waals surface area contributed by atoms with Gasteiger partial charge in [-0.3, -0.25) is 0 Å². The quantitative estimate of drug-likeness (QED) is 0.612. The molecule has 0 heterocycles. The second-order valence-corrected chi connectivity index (χ2v) is 6.35. The molecular formula is C12H25N. The fourth-order valence-electron chi connectivity index (χ4n) is 2.74. The highest BCUT2D eigenvalue weighted by molar-refractivity contribution is 4.84. The van der Waals surface area contributed by atoms with Crippen molar-refractivity contribution in [3.63, 3.8) is 0 Å². The van der Waals surface area contributed by atoms with Gasteiger partial charge in [-0.15, -0.1) is 0 Å². The van der Waals surface area contributed by atoms with Crippen molar-refractivity contribution in [2.75, 3.05) is 0 Å². The normalized spacial score (nSPS) is 29.3. The van der Waals surface area contributed by atoms with Gasteiger partial charge in [-0.1, -0.05) is 34.1 Å². The van der Waals surface area contributed by atoms with E-state index in [1.165, 1.54) is 32.1 Å². The molecule has 0 aromatic rings. The highest BCUT2D eigenvalue weighted by Gasteiger charge is 2.29. The zero-order valence-corrected chi connectivity index (χ0v) is 9.69. The lowest BCUT2D eigenvalue weighted by Crippen LogP contribution is -2.35. The van der Waals surface area contributed by atoms with Crippen molar-refractivity contribution in [1.29, 1.82) is 0 Å². The lowest BCUT2D eigenvalue weighted by atomic mass is 9.71. The minimum absolute atomic E-state index is 0.408. The van der Waals surface area contributed by atoms with Crippen LogP contribution < -0.4 is 5.73 Å². The van der Waals surface area contributed by atoms with Crippen LogP contribution in [-0.4, -0.2) is 6.04 Å². The Kier molecular flexibility index (Phi) is 3.06. The number of rotatable bonds is 0. The number of hydrogen-bond acceptors (Lipinski definition) is 1. The van der Waals surface area contributed by atoms with Crippen molar-refractivity contribution in [3.05, 3.63) is 0 Å². The molecule has 0 aromatic carbocycles. The lowest BCUT2D eigenvalue weighted by Gasteiger charge is -2.37. The first-order chi connectivity index (χ1) is 5.81. The van der Waals surface area contributed by atoms with Crippen LogP contribution in [0.4, 0.5) is 0 Å².